The largest absolute Gasteiger partial charge is 0.345 e. The Hall–Kier alpha value is -2.93. The number of amides is 1. The summed E-state index contributed by atoms with van der Waals surface area (Å²) in [4.78, 5) is 23.7. The number of rotatable bonds is 4. The van der Waals surface area contributed by atoms with E-state index in [9.17, 15) is 9.59 Å². The van der Waals surface area contributed by atoms with Crippen molar-refractivity contribution in [1.29, 1.82) is 5.26 Å². The van der Waals surface area contributed by atoms with Gasteiger partial charge in [0.05, 0.1) is 18.2 Å². The standard InChI is InChI=1S/C16H12N2O2/c17-10-12-5-4-8-14(9-12)16(20)18-11-15(19)13-6-2-1-3-7-13/h1-9H,11H2,(H,18,20). The summed E-state index contributed by atoms with van der Waals surface area (Å²) >= 11 is 0. The maximum absolute atomic E-state index is 11.9. The van der Waals surface area contributed by atoms with Crippen LogP contribution >= 0.6 is 0 Å². The van der Waals surface area contributed by atoms with Gasteiger partial charge >= 0.3 is 0 Å². The second kappa shape index (κ2) is 6.30. The van der Waals surface area contributed by atoms with Crippen molar-refractivity contribution in [3.63, 3.8) is 0 Å². The van der Waals surface area contributed by atoms with E-state index < -0.39 is 0 Å². The van der Waals surface area contributed by atoms with Crippen LogP contribution in [0.3, 0.4) is 0 Å². The Bertz CT molecular complexity index is 672. The Kier molecular flexibility index (Phi) is 4.25. The number of nitrogens with zero attached hydrogens (tertiary/aromatic N) is 1. The molecule has 2 aromatic carbocycles. The third-order valence-corrected chi connectivity index (χ3v) is 2.76. The summed E-state index contributed by atoms with van der Waals surface area (Å²) in [7, 11) is 0. The van der Waals surface area contributed by atoms with E-state index >= 15 is 0 Å². The first-order chi connectivity index (χ1) is 9.70. The molecule has 2 aromatic rings. The van der Waals surface area contributed by atoms with Crippen molar-refractivity contribution in [3.05, 3.63) is 71.3 Å². The van der Waals surface area contributed by atoms with Crippen LogP contribution in [0.4, 0.5) is 0 Å². The first-order valence-electron chi connectivity index (χ1n) is 6.07. The lowest BCUT2D eigenvalue weighted by Gasteiger charge is -2.05. The van der Waals surface area contributed by atoms with Crippen LogP contribution in [-0.2, 0) is 0 Å². The lowest BCUT2D eigenvalue weighted by atomic mass is 10.1. The molecule has 0 radical (unpaired) electrons. The van der Waals surface area contributed by atoms with E-state index in [1.165, 1.54) is 6.07 Å². The van der Waals surface area contributed by atoms with E-state index in [1.807, 2.05) is 12.1 Å². The number of carbonyl (C=O) groups excluding carboxylic acids is 2. The molecule has 20 heavy (non-hydrogen) atoms. The normalized spacial score (nSPS) is 9.55. The lowest BCUT2D eigenvalue weighted by Crippen LogP contribution is -2.29. The molecular formula is C16H12N2O2. The number of Topliss-reactive ketones (excluding diaryl/α,β-unsaturated/α-hetero) is 1. The van der Waals surface area contributed by atoms with Crippen molar-refractivity contribution in [2.45, 2.75) is 0 Å². The maximum Gasteiger partial charge on any atom is 0.251 e. The Morgan fingerprint density at radius 2 is 1.70 bits per heavy atom. The fourth-order valence-corrected chi connectivity index (χ4v) is 1.72. The Labute approximate surface area is 116 Å². The van der Waals surface area contributed by atoms with E-state index in [2.05, 4.69) is 5.32 Å². The topological polar surface area (TPSA) is 70.0 Å². The third-order valence-electron chi connectivity index (χ3n) is 2.76. The number of carbonyl (C=O) groups is 2. The van der Waals surface area contributed by atoms with Gasteiger partial charge in [0, 0.05) is 11.1 Å². The minimum absolute atomic E-state index is 0.0698. The predicted molar refractivity (Wildman–Crippen MR) is 74.3 cm³/mol. The van der Waals surface area contributed by atoms with Gasteiger partial charge in [-0.1, -0.05) is 36.4 Å². The van der Waals surface area contributed by atoms with E-state index in [-0.39, 0.29) is 18.2 Å². The van der Waals surface area contributed by atoms with E-state index in [0.29, 0.717) is 16.7 Å². The molecule has 0 spiro atoms. The van der Waals surface area contributed by atoms with Crippen molar-refractivity contribution in [3.8, 4) is 6.07 Å². The minimum atomic E-state index is -0.369. The van der Waals surface area contributed by atoms with Crippen LogP contribution in [0.2, 0.25) is 0 Å². The number of ketones is 1. The van der Waals surface area contributed by atoms with Crippen molar-refractivity contribution < 1.29 is 9.59 Å². The van der Waals surface area contributed by atoms with E-state index in [0.717, 1.165) is 0 Å². The summed E-state index contributed by atoms with van der Waals surface area (Å²) in [5.41, 5.74) is 1.33. The number of benzene rings is 2. The summed E-state index contributed by atoms with van der Waals surface area (Å²) in [5.74, 6) is -0.526. The van der Waals surface area contributed by atoms with Crippen molar-refractivity contribution in [1.82, 2.24) is 5.32 Å². The highest BCUT2D eigenvalue weighted by molar-refractivity contribution is 6.02. The summed E-state index contributed by atoms with van der Waals surface area (Å²) in [6.45, 7) is -0.0698. The van der Waals surface area contributed by atoms with Gasteiger partial charge < -0.3 is 5.32 Å². The van der Waals surface area contributed by atoms with E-state index in [1.54, 1.807) is 42.5 Å². The zero-order valence-electron chi connectivity index (χ0n) is 10.7. The van der Waals surface area contributed by atoms with Crippen molar-refractivity contribution in [2.75, 3.05) is 6.54 Å². The van der Waals surface area contributed by atoms with Crippen molar-refractivity contribution in [2.24, 2.45) is 0 Å². The molecular weight excluding hydrogens is 252 g/mol. The van der Waals surface area contributed by atoms with Gasteiger partial charge in [-0.05, 0) is 18.2 Å². The summed E-state index contributed by atoms with van der Waals surface area (Å²) in [6.07, 6.45) is 0. The van der Waals surface area contributed by atoms with Gasteiger partial charge in [-0.25, -0.2) is 0 Å². The van der Waals surface area contributed by atoms with Gasteiger partial charge in [-0.3, -0.25) is 9.59 Å². The first-order valence-corrected chi connectivity index (χ1v) is 6.07. The van der Waals surface area contributed by atoms with Crippen LogP contribution in [-0.4, -0.2) is 18.2 Å². The van der Waals surface area contributed by atoms with Crippen LogP contribution in [0.1, 0.15) is 26.3 Å². The Balaban J connectivity index is 1.99. The van der Waals surface area contributed by atoms with Crippen LogP contribution in [0.15, 0.2) is 54.6 Å². The van der Waals surface area contributed by atoms with Crippen LogP contribution in [0.5, 0.6) is 0 Å². The molecule has 0 aliphatic rings. The molecule has 0 saturated heterocycles. The number of nitrogens with one attached hydrogen (secondary N) is 1. The fraction of sp³-hybridized carbons (Fsp3) is 0.0625. The predicted octanol–water partition coefficient (Wildman–Crippen LogP) is 2.17. The van der Waals surface area contributed by atoms with Gasteiger partial charge in [0.15, 0.2) is 5.78 Å². The highest BCUT2D eigenvalue weighted by Gasteiger charge is 2.09. The average Bonchev–Trinajstić information content (AvgIpc) is 2.53. The zero-order valence-corrected chi connectivity index (χ0v) is 10.7. The smallest absolute Gasteiger partial charge is 0.251 e. The van der Waals surface area contributed by atoms with Crippen LogP contribution in [0.25, 0.3) is 0 Å². The molecule has 0 aliphatic heterocycles. The Morgan fingerprint density at radius 3 is 2.40 bits per heavy atom. The molecule has 0 aliphatic carbocycles. The quantitative estimate of drug-likeness (QED) is 0.860. The molecule has 98 valence electrons. The van der Waals surface area contributed by atoms with Gasteiger partial charge in [0.1, 0.15) is 0 Å². The molecule has 1 amide bonds. The third kappa shape index (κ3) is 3.30. The first kappa shape index (κ1) is 13.5. The molecule has 1 N–H and O–H groups in total. The minimum Gasteiger partial charge on any atom is -0.345 e. The molecule has 0 bridgehead atoms. The summed E-state index contributed by atoms with van der Waals surface area (Å²) < 4.78 is 0. The molecule has 0 fully saturated rings. The van der Waals surface area contributed by atoms with Crippen molar-refractivity contribution >= 4 is 11.7 Å². The molecule has 0 atom stereocenters. The zero-order chi connectivity index (χ0) is 14.4. The second-order valence-corrected chi connectivity index (χ2v) is 4.16. The maximum atomic E-state index is 11.9. The number of hydrogen-bond donors (Lipinski definition) is 1. The lowest BCUT2D eigenvalue weighted by molar-refractivity contribution is 0.0904. The molecule has 0 heterocycles. The molecule has 0 aromatic heterocycles. The van der Waals surface area contributed by atoms with E-state index in [4.69, 9.17) is 5.26 Å². The average molecular weight is 264 g/mol. The molecule has 4 heteroatoms. The monoisotopic (exact) mass is 264 g/mol. The van der Waals surface area contributed by atoms with Gasteiger partial charge in [0.25, 0.3) is 5.91 Å². The highest BCUT2D eigenvalue weighted by Crippen LogP contribution is 2.04. The number of hydrogen-bond acceptors (Lipinski definition) is 3. The van der Waals surface area contributed by atoms with Gasteiger partial charge in [-0.2, -0.15) is 5.26 Å². The Morgan fingerprint density at radius 1 is 1.00 bits per heavy atom. The highest BCUT2D eigenvalue weighted by atomic mass is 16.2. The van der Waals surface area contributed by atoms with Crippen LogP contribution in [0, 0.1) is 11.3 Å². The summed E-state index contributed by atoms with van der Waals surface area (Å²) in [5, 5.41) is 11.3. The summed E-state index contributed by atoms with van der Waals surface area (Å²) in [6, 6.07) is 17.1. The molecule has 0 saturated carbocycles. The SMILES string of the molecule is N#Cc1cccc(C(=O)NCC(=O)c2ccccc2)c1. The van der Waals surface area contributed by atoms with Gasteiger partial charge in [0.2, 0.25) is 0 Å². The molecule has 4 nitrogen and oxygen atoms in total. The number of nitriles is 1. The fourth-order valence-electron chi connectivity index (χ4n) is 1.72. The van der Waals surface area contributed by atoms with Crippen LogP contribution < -0.4 is 5.32 Å². The second-order valence-electron chi connectivity index (χ2n) is 4.16. The van der Waals surface area contributed by atoms with Gasteiger partial charge in [-0.15, -0.1) is 0 Å². The molecule has 2 rings (SSSR count). The molecule has 0 unspecified atom stereocenters.